The fourth-order valence-corrected chi connectivity index (χ4v) is 5.26. The van der Waals surface area contributed by atoms with E-state index in [0.717, 1.165) is 9.13 Å². The fraction of sp³-hybridized carbons (Fsp3) is 0.273. The van der Waals surface area contributed by atoms with E-state index in [1.165, 1.54) is 13.3 Å². The van der Waals surface area contributed by atoms with Gasteiger partial charge in [-0.15, -0.1) is 0 Å². The summed E-state index contributed by atoms with van der Waals surface area (Å²) in [5.41, 5.74) is 5.89. The first kappa shape index (κ1) is 34.9. The first-order valence-electron chi connectivity index (χ1n) is 14.4. The quantitative estimate of drug-likeness (QED) is 0.0612. The number of ether oxygens (including phenoxy) is 5. The third-order valence-electron chi connectivity index (χ3n) is 6.83. The Morgan fingerprint density at radius 2 is 1.87 bits per heavy atom. The van der Waals surface area contributed by atoms with E-state index in [1.807, 2.05) is 24.3 Å². The molecule has 0 fully saturated rings. The van der Waals surface area contributed by atoms with E-state index < -0.39 is 24.3 Å². The van der Waals surface area contributed by atoms with Crippen molar-refractivity contribution in [1.82, 2.24) is 16.1 Å². The number of amides is 2. The Morgan fingerprint density at radius 3 is 2.55 bits per heavy atom. The van der Waals surface area contributed by atoms with Crippen molar-refractivity contribution in [2.24, 2.45) is 5.10 Å². The van der Waals surface area contributed by atoms with Crippen LogP contribution in [0.3, 0.4) is 0 Å². The molecule has 3 aromatic carbocycles. The molecule has 4 N–H and O–H groups in total. The number of aliphatic hydroxyl groups excluding tert-OH is 1. The number of carbonyl (C=O) groups excluding carboxylic acids is 2. The normalized spacial score (nSPS) is 14.8. The average molecular weight is 756 g/mol. The molecule has 3 aromatic rings. The number of nitrogens with zero attached hydrogens (tertiary/aromatic N) is 2. The predicted molar refractivity (Wildman–Crippen MR) is 180 cm³/mol. The van der Waals surface area contributed by atoms with Gasteiger partial charge in [0.1, 0.15) is 13.2 Å². The maximum atomic E-state index is 12.5. The number of carbonyl (C=O) groups is 2. The van der Waals surface area contributed by atoms with Crippen LogP contribution in [0.2, 0.25) is 0 Å². The fourth-order valence-electron chi connectivity index (χ4n) is 4.64. The highest BCUT2D eigenvalue weighted by Crippen LogP contribution is 2.35. The van der Waals surface area contributed by atoms with E-state index in [-0.39, 0.29) is 18.8 Å². The van der Waals surface area contributed by atoms with E-state index in [2.05, 4.69) is 49.8 Å². The molecule has 0 radical (unpaired) electrons. The number of methoxy groups -OCH3 is 2. The van der Waals surface area contributed by atoms with Crippen LogP contribution in [0.15, 0.2) is 71.0 Å². The van der Waals surface area contributed by atoms with Gasteiger partial charge in [0.15, 0.2) is 29.2 Å². The molecule has 246 valence electrons. The molecular weight excluding hydrogens is 721 g/mol. The number of hydrazone groups is 1. The molecular formula is C33H34IN5O8. The summed E-state index contributed by atoms with van der Waals surface area (Å²) in [6, 6.07) is 16.6. The first-order valence-corrected chi connectivity index (χ1v) is 15.5. The number of urea groups is 1. The summed E-state index contributed by atoms with van der Waals surface area (Å²) < 4.78 is 29.0. The summed E-state index contributed by atoms with van der Waals surface area (Å²) in [6.45, 7) is 3.79. The Labute approximate surface area is 285 Å². The Kier molecular flexibility index (Phi) is 12.3. The lowest BCUT2D eigenvalue weighted by Crippen LogP contribution is -2.45. The summed E-state index contributed by atoms with van der Waals surface area (Å²) in [6.07, 6.45) is 0.303. The maximum absolute atomic E-state index is 12.5. The van der Waals surface area contributed by atoms with Crippen LogP contribution < -0.4 is 35.0 Å². The minimum absolute atomic E-state index is 0.190. The number of halogens is 1. The zero-order valence-corrected chi connectivity index (χ0v) is 28.3. The lowest BCUT2D eigenvalue weighted by Gasteiger charge is -2.28. The SMILES string of the molecule is CCOc1cc([C@@H]2NC(=O)NC(C)=C2C(=O)OC)ccc1OC[C@H](O)N/N=C/c1cc(I)cc(OC)c1OCc1ccc(C#N)cc1. The standard InChI is InChI=1S/C33H34IN5O8/c1-5-45-26-13-22(30-29(32(41)44-4)19(2)37-33(42)38-30)10-11-25(26)46-18-28(40)39-36-16-23-12-24(34)14-27(43-3)31(23)47-17-21-8-6-20(15-35)7-9-21/h6-14,16,28,30,39-40H,5,17-18H2,1-4H3,(H2,37,38,42)/b36-16+/t28-,30-/m0/s1. The number of hydrogen-bond acceptors (Lipinski definition) is 11. The number of esters is 1. The van der Waals surface area contributed by atoms with Crippen LogP contribution in [0.25, 0.3) is 0 Å². The third kappa shape index (κ3) is 9.05. The molecule has 47 heavy (non-hydrogen) atoms. The summed E-state index contributed by atoms with van der Waals surface area (Å²) in [5, 5.41) is 29.1. The molecule has 1 aliphatic rings. The zero-order valence-electron chi connectivity index (χ0n) is 26.1. The van der Waals surface area contributed by atoms with Gasteiger partial charge in [-0.3, -0.25) is 5.43 Å². The van der Waals surface area contributed by atoms with Crippen LogP contribution in [-0.4, -0.2) is 57.0 Å². The van der Waals surface area contributed by atoms with Gasteiger partial charge in [0, 0.05) is 14.8 Å². The lowest BCUT2D eigenvalue weighted by molar-refractivity contribution is -0.136. The maximum Gasteiger partial charge on any atom is 0.337 e. The van der Waals surface area contributed by atoms with Gasteiger partial charge in [-0.25, -0.2) is 9.59 Å². The molecule has 14 heteroatoms. The molecule has 0 saturated carbocycles. The molecule has 0 aromatic heterocycles. The van der Waals surface area contributed by atoms with Crippen molar-refractivity contribution in [2.45, 2.75) is 32.7 Å². The van der Waals surface area contributed by atoms with Crippen LogP contribution in [0.5, 0.6) is 23.0 Å². The number of nitrogens with one attached hydrogen (secondary N) is 3. The van der Waals surface area contributed by atoms with Gasteiger partial charge in [0.05, 0.1) is 50.3 Å². The van der Waals surface area contributed by atoms with Gasteiger partial charge in [-0.2, -0.15) is 10.4 Å². The topological polar surface area (TPSA) is 173 Å². The van der Waals surface area contributed by atoms with E-state index in [0.29, 0.717) is 52.0 Å². The van der Waals surface area contributed by atoms with Gasteiger partial charge in [-0.05, 0) is 84.0 Å². The Bertz CT molecular complexity index is 1700. The van der Waals surface area contributed by atoms with E-state index in [9.17, 15) is 14.7 Å². The number of rotatable bonds is 14. The molecule has 2 amide bonds. The van der Waals surface area contributed by atoms with E-state index >= 15 is 0 Å². The van der Waals surface area contributed by atoms with Crippen molar-refractivity contribution in [3.8, 4) is 29.1 Å². The highest BCUT2D eigenvalue weighted by Gasteiger charge is 2.32. The lowest BCUT2D eigenvalue weighted by atomic mass is 9.95. The van der Waals surface area contributed by atoms with Crippen molar-refractivity contribution < 1.29 is 38.4 Å². The molecule has 2 atom stereocenters. The van der Waals surface area contributed by atoms with Crippen LogP contribution in [0, 0.1) is 14.9 Å². The summed E-state index contributed by atoms with van der Waals surface area (Å²) in [4.78, 5) is 24.7. The second-order valence-electron chi connectivity index (χ2n) is 10.0. The number of hydrogen-bond donors (Lipinski definition) is 4. The second kappa shape index (κ2) is 16.5. The Hall–Kier alpha value is -5.01. The first-order chi connectivity index (χ1) is 22.7. The second-order valence-corrected chi connectivity index (χ2v) is 11.3. The molecule has 1 aliphatic heterocycles. The van der Waals surface area contributed by atoms with Gasteiger partial charge in [0.25, 0.3) is 0 Å². The molecule has 4 rings (SSSR count). The minimum atomic E-state index is -1.20. The highest BCUT2D eigenvalue weighted by atomic mass is 127. The van der Waals surface area contributed by atoms with Crippen molar-refractivity contribution in [3.63, 3.8) is 0 Å². The van der Waals surface area contributed by atoms with Crippen LogP contribution in [0.1, 0.15) is 42.1 Å². The van der Waals surface area contributed by atoms with E-state index in [1.54, 1.807) is 51.3 Å². The van der Waals surface area contributed by atoms with Gasteiger partial charge in [0.2, 0.25) is 0 Å². The monoisotopic (exact) mass is 755 g/mol. The van der Waals surface area contributed by atoms with Gasteiger partial charge >= 0.3 is 12.0 Å². The van der Waals surface area contributed by atoms with Crippen molar-refractivity contribution in [2.75, 3.05) is 27.4 Å². The molecule has 0 spiro atoms. The van der Waals surface area contributed by atoms with E-state index in [4.69, 9.17) is 28.9 Å². The van der Waals surface area contributed by atoms with Crippen LogP contribution in [-0.2, 0) is 16.1 Å². The van der Waals surface area contributed by atoms with Crippen molar-refractivity contribution in [1.29, 1.82) is 5.26 Å². The minimum Gasteiger partial charge on any atom is -0.493 e. The highest BCUT2D eigenvalue weighted by molar-refractivity contribution is 14.1. The number of benzene rings is 3. The van der Waals surface area contributed by atoms with Crippen LogP contribution >= 0.6 is 22.6 Å². The predicted octanol–water partition coefficient (Wildman–Crippen LogP) is 4.27. The molecule has 13 nitrogen and oxygen atoms in total. The van der Waals surface area contributed by atoms with Crippen molar-refractivity contribution >= 4 is 40.8 Å². The number of aliphatic hydroxyl groups is 1. The van der Waals surface area contributed by atoms with Crippen molar-refractivity contribution in [3.05, 3.63) is 91.7 Å². The Balaban J connectivity index is 1.44. The third-order valence-corrected chi connectivity index (χ3v) is 7.46. The number of allylic oxidation sites excluding steroid dienone is 1. The number of nitriles is 1. The van der Waals surface area contributed by atoms with Gasteiger partial charge in [-0.1, -0.05) is 18.2 Å². The molecule has 0 unspecified atom stereocenters. The molecule has 0 aliphatic carbocycles. The molecule has 0 bridgehead atoms. The molecule has 0 saturated heterocycles. The van der Waals surface area contributed by atoms with Gasteiger partial charge < -0.3 is 39.4 Å². The summed E-state index contributed by atoms with van der Waals surface area (Å²) >= 11 is 2.16. The average Bonchev–Trinajstić information content (AvgIpc) is 3.06. The smallest absolute Gasteiger partial charge is 0.337 e. The van der Waals surface area contributed by atoms with Crippen LogP contribution in [0.4, 0.5) is 4.79 Å². The Morgan fingerprint density at radius 1 is 1.11 bits per heavy atom. The zero-order chi connectivity index (χ0) is 33.9. The molecule has 1 heterocycles. The summed E-state index contributed by atoms with van der Waals surface area (Å²) in [7, 11) is 2.81. The summed E-state index contributed by atoms with van der Waals surface area (Å²) in [5.74, 6) is 1.07. The largest absolute Gasteiger partial charge is 0.493 e.